The number of aromatic amines is 1. The Morgan fingerprint density at radius 1 is 1.07 bits per heavy atom. The number of fused-ring (bicyclic) bond motifs is 3. The summed E-state index contributed by atoms with van der Waals surface area (Å²) in [6.07, 6.45) is 0. The minimum absolute atomic E-state index is 0.00186. The second-order valence-electron chi connectivity index (χ2n) is 5.54. The number of hydrogen-bond acceptors (Lipinski definition) is 8. The van der Waals surface area contributed by atoms with Gasteiger partial charge >= 0.3 is 11.9 Å². The Labute approximate surface area is 151 Å². The van der Waals surface area contributed by atoms with Crippen LogP contribution in [0.4, 0.5) is 0 Å². The molecule has 3 rings (SSSR count). The van der Waals surface area contributed by atoms with Gasteiger partial charge in [-0.2, -0.15) is 0 Å². The van der Waals surface area contributed by atoms with Crippen LogP contribution in [-0.4, -0.2) is 44.5 Å². The molecule has 0 saturated carbocycles. The number of aryl methyl sites for hydroxylation is 1. The standard InChI is InChI=1S/C17H16N4O6/c1-4-26-15(24)9-7-10-13(19-12(9)16(25)27-5-2)14(23)20-17-18-8(3)6-11(22)21(10)17/h6-7H,4-5H2,1-3H3,(H,18,20,23). The molecule has 10 heteroatoms. The summed E-state index contributed by atoms with van der Waals surface area (Å²) >= 11 is 0. The largest absolute Gasteiger partial charge is 0.462 e. The quantitative estimate of drug-likeness (QED) is 0.520. The van der Waals surface area contributed by atoms with Crippen LogP contribution >= 0.6 is 0 Å². The van der Waals surface area contributed by atoms with Crippen molar-refractivity contribution in [2.75, 3.05) is 13.2 Å². The smallest absolute Gasteiger partial charge is 0.357 e. The zero-order valence-electron chi connectivity index (χ0n) is 14.9. The summed E-state index contributed by atoms with van der Waals surface area (Å²) in [5.41, 5.74) is -1.46. The number of esters is 2. The molecule has 27 heavy (non-hydrogen) atoms. The molecule has 3 aromatic rings. The van der Waals surface area contributed by atoms with Crippen molar-refractivity contribution in [1.29, 1.82) is 0 Å². The Hall–Kier alpha value is -3.56. The highest BCUT2D eigenvalue weighted by atomic mass is 16.5. The Balaban J connectivity index is 2.46. The van der Waals surface area contributed by atoms with E-state index < -0.39 is 23.1 Å². The van der Waals surface area contributed by atoms with Gasteiger partial charge < -0.3 is 9.47 Å². The molecule has 140 valence electrons. The fourth-order valence-electron chi connectivity index (χ4n) is 2.63. The van der Waals surface area contributed by atoms with E-state index in [0.29, 0.717) is 5.69 Å². The third kappa shape index (κ3) is 3.16. The lowest BCUT2D eigenvalue weighted by Gasteiger charge is -2.11. The van der Waals surface area contributed by atoms with Crippen LogP contribution in [0.25, 0.3) is 16.8 Å². The van der Waals surface area contributed by atoms with Crippen molar-refractivity contribution in [3.05, 3.63) is 49.8 Å². The summed E-state index contributed by atoms with van der Waals surface area (Å²) in [6.45, 7) is 4.92. The average molecular weight is 372 g/mol. The topological polar surface area (TPSA) is 133 Å². The van der Waals surface area contributed by atoms with E-state index in [1.807, 2.05) is 0 Å². The molecule has 0 aliphatic carbocycles. The highest BCUT2D eigenvalue weighted by Crippen LogP contribution is 2.17. The van der Waals surface area contributed by atoms with E-state index in [2.05, 4.69) is 15.0 Å². The van der Waals surface area contributed by atoms with Crippen LogP contribution in [0.2, 0.25) is 0 Å². The molecule has 3 heterocycles. The van der Waals surface area contributed by atoms with Gasteiger partial charge in [0.15, 0.2) is 11.2 Å². The lowest BCUT2D eigenvalue weighted by molar-refractivity contribution is 0.0474. The molecule has 0 saturated heterocycles. The highest BCUT2D eigenvalue weighted by molar-refractivity contribution is 6.04. The number of ether oxygens (including phenoxy) is 2. The second kappa shape index (κ2) is 6.98. The molecule has 0 amide bonds. The van der Waals surface area contributed by atoms with Crippen molar-refractivity contribution < 1.29 is 19.1 Å². The Morgan fingerprint density at radius 3 is 2.41 bits per heavy atom. The molecule has 0 atom stereocenters. The fraction of sp³-hybridized carbons (Fsp3) is 0.294. The van der Waals surface area contributed by atoms with E-state index in [9.17, 15) is 19.2 Å². The summed E-state index contributed by atoms with van der Waals surface area (Å²) in [5, 5.41) is 0. The molecule has 1 N–H and O–H groups in total. The van der Waals surface area contributed by atoms with E-state index in [1.54, 1.807) is 20.8 Å². The number of carbonyl (C=O) groups excluding carboxylic acids is 2. The first-order chi connectivity index (χ1) is 12.9. The number of aromatic nitrogens is 4. The van der Waals surface area contributed by atoms with Crippen molar-refractivity contribution in [3.63, 3.8) is 0 Å². The molecular formula is C17H16N4O6. The van der Waals surface area contributed by atoms with Gasteiger partial charge in [0.25, 0.3) is 11.1 Å². The van der Waals surface area contributed by atoms with E-state index >= 15 is 0 Å². The first-order valence-electron chi connectivity index (χ1n) is 8.19. The molecule has 0 aromatic carbocycles. The molecule has 0 fully saturated rings. The second-order valence-corrected chi connectivity index (χ2v) is 5.54. The summed E-state index contributed by atoms with van der Waals surface area (Å²) in [5.74, 6) is -1.70. The van der Waals surface area contributed by atoms with Crippen LogP contribution in [0.15, 0.2) is 21.7 Å². The van der Waals surface area contributed by atoms with Gasteiger partial charge in [-0.3, -0.25) is 14.6 Å². The number of rotatable bonds is 4. The highest BCUT2D eigenvalue weighted by Gasteiger charge is 2.24. The minimum atomic E-state index is -0.878. The fourth-order valence-corrected chi connectivity index (χ4v) is 2.63. The number of nitrogens with one attached hydrogen (secondary N) is 1. The maximum atomic E-state index is 12.4. The molecule has 0 aliphatic rings. The monoisotopic (exact) mass is 372 g/mol. The third-order valence-electron chi connectivity index (χ3n) is 3.69. The molecule has 0 bridgehead atoms. The maximum absolute atomic E-state index is 12.4. The van der Waals surface area contributed by atoms with Crippen LogP contribution in [0.3, 0.4) is 0 Å². The molecule has 10 nitrogen and oxygen atoms in total. The normalized spacial score (nSPS) is 10.9. The molecule has 0 radical (unpaired) electrons. The summed E-state index contributed by atoms with van der Waals surface area (Å²) in [7, 11) is 0. The first kappa shape index (κ1) is 18.2. The zero-order valence-corrected chi connectivity index (χ0v) is 14.9. The van der Waals surface area contributed by atoms with Gasteiger partial charge in [-0.1, -0.05) is 0 Å². The number of nitrogens with zero attached hydrogens (tertiary/aromatic N) is 3. The van der Waals surface area contributed by atoms with E-state index in [-0.39, 0.29) is 41.3 Å². The van der Waals surface area contributed by atoms with Crippen molar-refractivity contribution in [2.24, 2.45) is 0 Å². The van der Waals surface area contributed by atoms with Crippen LogP contribution in [0.1, 0.15) is 40.4 Å². The number of hydrogen-bond donors (Lipinski definition) is 1. The summed E-state index contributed by atoms with van der Waals surface area (Å²) in [4.78, 5) is 59.9. The number of H-pyrrole nitrogens is 1. The van der Waals surface area contributed by atoms with Gasteiger partial charge in [0, 0.05) is 11.8 Å². The third-order valence-corrected chi connectivity index (χ3v) is 3.69. The first-order valence-corrected chi connectivity index (χ1v) is 8.19. The van der Waals surface area contributed by atoms with Gasteiger partial charge in [-0.15, -0.1) is 0 Å². The molecule has 3 aromatic heterocycles. The zero-order chi connectivity index (χ0) is 19.7. The van der Waals surface area contributed by atoms with Crippen LogP contribution < -0.4 is 11.1 Å². The van der Waals surface area contributed by atoms with E-state index in [1.165, 1.54) is 12.1 Å². The Bertz CT molecular complexity index is 1190. The average Bonchev–Trinajstić information content (AvgIpc) is 2.60. The molecular weight excluding hydrogens is 356 g/mol. The summed E-state index contributed by atoms with van der Waals surface area (Å²) in [6, 6.07) is 2.49. The number of pyridine rings is 1. The minimum Gasteiger partial charge on any atom is -0.462 e. The predicted octanol–water partition coefficient (Wildman–Crippen LogP) is 0.593. The van der Waals surface area contributed by atoms with Gasteiger partial charge in [0.05, 0.1) is 24.3 Å². The van der Waals surface area contributed by atoms with Crippen molar-refractivity contribution >= 4 is 28.7 Å². The SMILES string of the molecule is CCOC(=O)c1cc2c(nc1C(=O)OCC)c(=O)[nH]c1nc(C)cc(=O)n12. The maximum Gasteiger partial charge on any atom is 0.357 e. The lowest BCUT2D eigenvalue weighted by atomic mass is 10.1. The van der Waals surface area contributed by atoms with Crippen LogP contribution in [0, 0.1) is 6.92 Å². The molecule has 0 aliphatic heterocycles. The predicted molar refractivity (Wildman–Crippen MR) is 94.0 cm³/mol. The van der Waals surface area contributed by atoms with Crippen LogP contribution in [0.5, 0.6) is 0 Å². The van der Waals surface area contributed by atoms with Gasteiger partial charge in [-0.05, 0) is 26.8 Å². The number of carbonyl (C=O) groups is 2. The van der Waals surface area contributed by atoms with Crippen LogP contribution in [-0.2, 0) is 9.47 Å². The lowest BCUT2D eigenvalue weighted by Crippen LogP contribution is -2.24. The van der Waals surface area contributed by atoms with Crippen molar-refractivity contribution in [3.8, 4) is 0 Å². The summed E-state index contributed by atoms with van der Waals surface area (Å²) < 4.78 is 11.0. The van der Waals surface area contributed by atoms with E-state index in [0.717, 1.165) is 4.40 Å². The van der Waals surface area contributed by atoms with Gasteiger partial charge in [0.1, 0.15) is 0 Å². The van der Waals surface area contributed by atoms with E-state index in [4.69, 9.17) is 9.47 Å². The van der Waals surface area contributed by atoms with Gasteiger partial charge in [0.2, 0.25) is 5.78 Å². The Kier molecular flexibility index (Phi) is 4.72. The van der Waals surface area contributed by atoms with Crippen molar-refractivity contribution in [2.45, 2.75) is 20.8 Å². The molecule has 0 spiro atoms. The molecule has 0 unspecified atom stereocenters. The van der Waals surface area contributed by atoms with Crippen molar-refractivity contribution in [1.82, 2.24) is 19.4 Å². The Morgan fingerprint density at radius 2 is 1.74 bits per heavy atom. The van der Waals surface area contributed by atoms with Gasteiger partial charge in [-0.25, -0.2) is 24.0 Å².